The standard InChI is InChI=1S/C4H11N2PS/c1-3-4(2)7(8)6-5/h4H,3,5H2,1-2H3. The van der Waals surface area contributed by atoms with Gasteiger partial charge in [-0.1, -0.05) is 6.92 Å². The SMILES string of the molecule is CCC(C)[P+]([S-])=NN. The number of nitrogens with zero attached hydrogens (tertiary/aromatic N) is 1. The van der Waals surface area contributed by atoms with Crippen LogP contribution in [0.3, 0.4) is 0 Å². The third-order valence-corrected chi connectivity index (χ3v) is 3.79. The van der Waals surface area contributed by atoms with Gasteiger partial charge in [0.15, 0.2) is 0 Å². The minimum absolute atomic E-state index is 0.505. The lowest BCUT2D eigenvalue weighted by atomic mass is 10.4. The summed E-state index contributed by atoms with van der Waals surface area (Å²) in [6.07, 6.45) is 1.08. The summed E-state index contributed by atoms with van der Waals surface area (Å²) in [5.41, 5.74) is 0.505. The fourth-order valence-corrected chi connectivity index (χ4v) is 1.26. The van der Waals surface area contributed by atoms with Gasteiger partial charge >= 0.3 is 0 Å². The smallest absolute Gasteiger partial charge is 0.114 e. The van der Waals surface area contributed by atoms with Gasteiger partial charge in [-0.25, -0.2) is 0 Å². The first-order valence-corrected chi connectivity index (χ1v) is 4.97. The molecule has 48 valence electrons. The zero-order valence-corrected chi connectivity index (χ0v) is 6.88. The number of rotatable bonds is 2. The van der Waals surface area contributed by atoms with Crippen LogP contribution < -0.4 is 5.84 Å². The molecule has 0 bridgehead atoms. The second-order valence-electron chi connectivity index (χ2n) is 1.68. The van der Waals surface area contributed by atoms with Crippen molar-refractivity contribution in [1.82, 2.24) is 0 Å². The summed E-state index contributed by atoms with van der Waals surface area (Å²) in [5.74, 6) is 5.00. The molecule has 0 fully saturated rings. The van der Waals surface area contributed by atoms with E-state index >= 15 is 0 Å². The van der Waals surface area contributed by atoms with E-state index in [1.54, 1.807) is 0 Å². The summed E-state index contributed by atoms with van der Waals surface area (Å²) in [5, 5.41) is 0. The monoisotopic (exact) mass is 150 g/mol. The molecule has 0 aliphatic heterocycles. The van der Waals surface area contributed by atoms with E-state index in [1.807, 2.05) is 0 Å². The maximum Gasteiger partial charge on any atom is 0.114 e. The first-order valence-electron chi connectivity index (χ1n) is 2.59. The molecule has 2 N–H and O–H groups in total. The zero-order valence-electron chi connectivity index (χ0n) is 5.16. The maximum absolute atomic E-state index is 5.00. The van der Waals surface area contributed by atoms with Gasteiger partial charge in [-0.3, -0.25) is 0 Å². The zero-order chi connectivity index (χ0) is 6.57. The predicted molar refractivity (Wildman–Crippen MR) is 40.7 cm³/mol. The number of hydrogen-bond donors (Lipinski definition) is 1. The molecule has 2 atom stereocenters. The first kappa shape index (κ1) is 8.41. The molecule has 0 saturated carbocycles. The second-order valence-corrected chi connectivity index (χ2v) is 4.52. The highest BCUT2D eigenvalue weighted by atomic mass is 32.7. The average molecular weight is 150 g/mol. The maximum atomic E-state index is 5.00. The normalized spacial score (nSPS) is 16.2. The van der Waals surface area contributed by atoms with Crippen LogP contribution in [-0.2, 0) is 12.2 Å². The Morgan fingerprint density at radius 3 is 2.50 bits per heavy atom. The minimum atomic E-state index is -0.654. The Balaban J connectivity index is 3.63. The van der Waals surface area contributed by atoms with Crippen molar-refractivity contribution in [1.29, 1.82) is 0 Å². The Morgan fingerprint density at radius 1 is 1.88 bits per heavy atom. The summed E-state index contributed by atoms with van der Waals surface area (Å²) < 4.78 is 0. The van der Waals surface area contributed by atoms with Crippen LogP contribution in [0.4, 0.5) is 0 Å². The predicted octanol–water partition coefficient (Wildman–Crippen LogP) is 1.79. The van der Waals surface area contributed by atoms with Crippen LogP contribution in [0.15, 0.2) is 4.85 Å². The minimum Gasteiger partial charge on any atom is -0.466 e. The van der Waals surface area contributed by atoms with Gasteiger partial charge in [0.1, 0.15) is 5.66 Å². The van der Waals surface area contributed by atoms with Crippen molar-refractivity contribution < 1.29 is 0 Å². The Labute approximate surface area is 56.5 Å². The van der Waals surface area contributed by atoms with Crippen molar-refractivity contribution in [2.45, 2.75) is 25.9 Å². The summed E-state index contributed by atoms with van der Waals surface area (Å²) in [6.45, 7) is 3.52. The van der Waals surface area contributed by atoms with Crippen molar-refractivity contribution >= 4 is 19.2 Å². The van der Waals surface area contributed by atoms with E-state index in [0.717, 1.165) is 6.42 Å². The fourth-order valence-electron chi connectivity index (χ4n) is 0.270. The van der Waals surface area contributed by atoms with Crippen LogP contribution in [0.25, 0.3) is 0 Å². The molecular weight excluding hydrogens is 139 g/mol. The molecule has 0 aromatic heterocycles. The Kier molecular flexibility index (Phi) is 4.53. The van der Waals surface area contributed by atoms with E-state index in [9.17, 15) is 0 Å². The topological polar surface area (TPSA) is 38.4 Å². The molecule has 2 nitrogen and oxygen atoms in total. The van der Waals surface area contributed by atoms with Crippen LogP contribution in [0, 0.1) is 0 Å². The molecule has 2 unspecified atom stereocenters. The average Bonchev–Trinajstić information content (AvgIpc) is 1.84. The van der Waals surface area contributed by atoms with Gasteiger partial charge in [-0.05, 0) is 18.2 Å². The lowest BCUT2D eigenvalue weighted by Gasteiger charge is -2.00. The molecule has 0 aliphatic carbocycles. The summed E-state index contributed by atoms with van der Waals surface area (Å²) in [6, 6.07) is 0. The quantitative estimate of drug-likeness (QED) is 0.282. The van der Waals surface area contributed by atoms with Gasteiger partial charge in [0.05, 0.1) is 6.92 Å². The van der Waals surface area contributed by atoms with Gasteiger partial charge in [0.2, 0.25) is 0 Å². The fraction of sp³-hybridized carbons (Fsp3) is 1.00. The lowest BCUT2D eigenvalue weighted by molar-refractivity contribution is 0.899. The molecule has 0 saturated heterocycles. The van der Waals surface area contributed by atoms with E-state index in [1.165, 1.54) is 0 Å². The molecular formula is C4H11N2PS. The van der Waals surface area contributed by atoms with Crippen LogP contribution >= 0.6 is 6.92 Å². The summed E-state index contributed by atoms with van der Waals surface area (Å²) in [4.78, 5) is 3.54. The van der Waals surface area contributed by atoms with E-state index < -0.39 is 6.92 Å². The number of hydrogen-bond acceptors (Lipinski definition) is 2. The third kappa shape index (κ3) is 2.65. The van der Waals surface area contributed by atoms with Gasteiger partial charge < -0.3 is 12.2 Å². The highest BCUT2D eigenvalue weighted by Gasteiger charge is 2.04. The van der Waals surface area contributed by atoms with Crippen molar-refractivity contribution in [2.24, 2.45) is 10.7 Å². The molecule has 0 rings (SSSR count). The molecule has 0 heterocycles. The van der Waals surface area contributed by atoms with Crippen molar-refractivity contribution in [3.8, 4) is 0 Å². The van der Waals surface area contributed by atoms with E-state index in [-0.39, 0.29) is 0 Å². The molecule has 0 spiro atoms. The molecule has 0 aromatic rings. The lowest BCUT2D eigenvalue weighted by Crippen LogP contribution is -1.91. The molecule has 0 aliphatic rings. The van der Waals surface area contributed by atoms with E-state index in [2.05, 4.69) is 18.7 Å². The molecule has 0 radical (unpaired) electrons. The molecule has 4 heteroatoms. The molecule has 0 amide bonds. The summed E-state index contributed by atoms with van der Waals surface area (Å²) in [7, 11) is 0. The van der Waals surface area contributed by atoms with E-state index in [0.29, 0.717) is 5.66 Å². The number of nitrogens with two attached hydrogens (primary N) is 1. The Hall–Kier alpha value is 0.410. The van der Waals surface area contributed by atoms with Crippen LogP contribution in [0.2, 0.25) is 0 Å². The van der Waals surface area contributed by atoms with Crippen LogP contribution in [-0.4, -0.2) is 5.66 Å². The van der Waals surface area contributed by atoms with Crippen molar-refractivity contribution in [2.75, 3.05) is 0 Å². The van der Waals surface area contributed by atoms with Gasteiger partial charge in [0.25, 0.3) is 0 Å². The Morgan fingerprint density at radius 2 is 2.38 bits per heavy atom. The van der Waals surface area contributed by atoms with E-state index in [4.69, 9.17) is 18.1 Å². The van der Waals surface area contributed by atoms with Gasteiger partial charge in [0, 0.05) is 0 Å². The second kappa shape index (κ2) is 4.30. The summed E-state index contributed by atoms with van der Waals surface area (Å²) >= 11 is 4.93. The van der Waals surface area contributed by atoms with Crippen LogP contribution in [0.5, 0.6) is 0 Å². The molecule has 8 heavy (non-hydrogen) atoms. The Bertz CT molecular complexity index is 94.0. The highest BCUT2D eigenvalue weighted by Crippen LogP contribution is 2.28. The van der Waals surface area contributed by atoms with Gasteiger partial charge in [-0.15, -0.1) is 0 Å². The molecule has 0 aromatic carbocycles. The van der Waals surface area contributed by atoms with Crippen molar-refractivity contribution in [3.05, 3.63) is 0 Å². The van der Waals surface area contributed by atoms with Gasteiger partial charge in [-0.2, -0.15) is 5.84 Å². The van der Waals surface area contributed by atoms with Crippen molar-refractivity contribution in [3.63, 3.8) is 0 Å². The highest BCUT2D eigenvalue weighted by molar-refractivity contribution is 8.29. The first-order chi connectivity index (χ1) is 3.72. The largest absolute Gasteiger partial charge is 0.466 e. The third-order valence-electron chi connectivity index (χ3n) is 1.08. The van der Waals surface area contributed by atoms with Crippen LogP contribution in [0.1, 0.15) is 20.3 Å².